The lowest BCUT2D eigenvalue weighted by atomic mass is 9.94. The molecule has 5 rings (SSSR count). The molecule has 136 valence electrons. The number of aromatic nitrogens is 1. The van der Waals surface area contributed by atoms with Crippen molar-refractivity contribution < 1.29 is 9.30 Å². The monoisotopic (exact) mass is 365 g/mol. The lowest BCUT2D eigenvalue weighted by Crippen LogP contribution is -2.29. The van der Waals surface area contributed by atoms with Gasteiger partial charge < -0.3 is 9.64 Å². The van der Waals surface area contributed by atoms with Gasteiger partial charge in [-0.05, 0) is 29.3 Å². The van der Waals surface area contributed by atoms with Gasteiger partial charge in [-0.1, -0.05) is 54.6 Å². The predicted octanol–water partition coefficient (Wildman–Crippen LogP) is 5.72. The van der Waals surface area contributed by atoms with E-state index in [-0.39, 0.29) is 0 Å². The van der Waals surface area contributed by atoms with Crippen molar-refractivity contribution >= 4 is 11.4 Å². The Balaban J connectivity index is 1.78. The number of pyridine rings is 1. The van der Waals surface area contributed by atoms with Crippen LogP contribution in [0.5, 0.6) is 11.6 Å². The number of anilines is 2. The second-order valence-electron chi connectivity index (χ2n) is 7.03. The van der Waals surface area contributed by atoms with E-state index in [1.165, 1.54) is 27.9 Å². The molecule has 4 aromatic rings. The lowest BCUT2D eigenvalue weighted by molar-refractivity contribution is -0.675. The van der Waals surface area contributed by atoms with Gasteiger partial charge >= 0.3 is 5.88 Å². The molecule has 0 atom stereocenters. The van der Waals surface area contributed by atoms with Crippen LogP contribution in [0, 0.1) is 0 Å². The minimum atomic E-state index is 0.801. The number of para-hydroxylation sites is 2. The van der Waals surface area contributed by atoms with Gasteiger partial charge in [-0.2, -0.15) is 4.57 Å². The van der Waals surface area contributed by atoms with Crippen LogP contribution in [-0.2, 0) is 7.05 Å². The first-order valence-corrected chi connectivity index (χ1v) is 9.42. The maximum Gasteiger partial charge on any atom is 0.373 e. The Kier molecular flexibility index (Phi) is 3.87. The Bertz CT molecular complexity index is 1180. The molecule has 0 saturated heterocycles. The van der Waals surface area contributed by atoms with Gasteiger partial charge in [-0.15, -0.1) is 0 Å². The minimum Gasteiger partial charge on any atom is -0.403 e. The van der Waals surface area contributed by atoms with Crippen molar-refractivity contribution in [3.05, 3.63) is 91.1 Å². The van der Waals surface area contributed by atoms with Crippen LogP contribution in [0.25, 0.3) is 22.3 Å². The van der Waals surface area contributed by atoms with E-state index < -0.39 is 0 Å². The summed E-state index contributed by atoms with van der Waals surface area (Å²) in [6.45, 7) is 0. The van der Waals surface area contributed by atoms with Crippen molar-refractivity contribution in [1.82, 2.24) is 0 Å². The molecule has 3 heteroatoms. The number of rotatable bonds is 2. The van der Waals surface area contributed by atoms with Crippen molar-refractivity contribution in [3.8, 4) is 33.9 Å². The third-order valence-corrected chi connectivity index (χ3v) is 5.33. The zero-order valence-electron chi connectivity index (χ0n) is 16.0. The number of hydrogen-bond acceptors (Lipinski definition) is 2. The van der Waals surface area contributed by atoms with Gasteiger partial charge in [0, 0.05) is 29.9 Å². The highest BCUT2D eigenvalue weighted by molar-refractivity contribution is 6.00. The minimum absolute atomic E-state index is 0.801. The third kappa shape index (κ3) is 2.55. The molecule has 3 aromatic carbocycles. The van der Waals surface area contributed by atoms with Crippen LogP contribution < -0.4 is 14.2 Å². The van der Waals surface area contributed by atoms with Gasteiger partial charge in [0.05, 0.1) is 11.8 Å². The van der Waals surface area contributed by atoms with Crippen molar-refractivity contribution in [2.24, 2.45) is 7.05 Å². The summed E-state index contributed by atoms with van der Waals surface area (Å²) >= 11 is 0. The number of nitrogens with zero attached hydrogens (tertiary/aromatic N) is 2. The van der Waals surface area contributed by atoms with E-state index in [9.17, 15) is 0 Å². The quantitative estimate of drug-likeness (QED) is 0.423. The molecule has 0 unspecified atom stereocenters. The van der Waals surface area contributed by atoms with Crippen molar-refractivity contribution in [2.45, 2.75) is 0 Å². The van der Waals surface area contributed by atoms with E-state index >= 15 is 0 Å². The van der Waals surface area contributed by atoms with Crippen molar-refractivity contribution in [2.75, 3.05) is 11.9 Å². The molecule has 1 aromatic heterocycles. The Labute approximate surface area is 165 Å². The zero-order chi connectivity index (χ0) is 19.1. The first-order chi connectivity index (χ1) is 13.7. The normalized spacial score (nSPS) is 11.9. The highest BCUT2D eigenvalue weighted by atomic mass is 16.5. The van der Waals surface area contributed by atoms with Gasteiger partial charge in [0.1, 0.15) is 7.05 Å². The summed E-state index contributed by atoms with van der Waals surface area (Å²) < 4.78 is 8.37. The maximum absolute atomic E-state index is 6.38. The molecule has 0 saturated carbocycles. The Morgan fingerprint density at radius 2 is 1.32 bits per heavy atom. The van der Waals surface area contributed by atoms with Crippen LogP contribution in [0.1, 0.15) is 0 Å². The van der Waals surface area contributed by atoms with Crippen molar-refractivity contribution in [3.63, 3.8) is 0 Å². The van der Waals surface area contributed by atoms with Crippen molar-refractivity contribution in [1.29, 1.82) is 0 Å². The fraction of sp³-hybridized carbons (Fsp3) is 0.0800. The van der Waals surface area contributed by atoms with E-state index in [1.807, 2.05) is 42.1 Å². The van der Waals surface area contributed by atoms with Gasteiger partial charge in [0.2, 0.25) is 0 Å². The molecule has 0 amide bonds. The van der Waals surface area contributed by atoms with Gasteiger partial charge in [-0.25, -0.2) is 0 Å². The van der Waals surface area contributed by atoms with E-state index in [2.05, 4.69) is 72.6 Å². The van der Waals surface area contributed by atoms with Gasteiger partial charge in [-0.3, -0.25) is 0 Å². The first-order valence-electron chi connectivity index (χ1n) is 9.42. The summed E-state index contributed by atoms with van der Waals surface area (Å²) in [6.07, 6.45) is 1.99. The van der Waals surface area contributed by atoms with E-state index in [4.69, 9.17) is 4.74 Å². The molecule has 0 aliphatic carbocycles. The number of aryl methyl sites for hydroxylation is 1. The number of hydrogen-bond donors (Lipinski definition) is 0. The summed E-state index contributed by atoms with van der Waals surface area (Å²) in [4.78, 5) is 2.24. The highest BCUT2D eigenvalue weighted by Gasteiger charge is 2.26. The van der Waals surface area contributed by atoms with Crippen LogP contribution in [-0.4, -0.2) is 7.05 Å². The number of fused-ring (bicyclic) bond motifs is 5. The lowest BCUT2D eigenvalue weighted by Gasteiger charge is -2.24. The molecule has 1 aliphatic heterocycles. The van der Waals surface area contributed by atoms with Crippen LogP contribution in [0.3, 0.4) is 0 Å². The highest BCUT2D eigenvalue weighted by Crippen LogP contribution is 2.50. The summed E-state index contributed by atoms with van der Waals surface area (Å²) in [6, 6.07) is 29.4. The van der Waals surface area contributed by atoms with Gasteiger partial charge in [0.15, 0.2) is 11.9 Å². The first kappa shape index (κ1) is 16.6. The van der Waals surface area contributed by atoms with Gasteiger partial charge in [0.25, 0.3) is 0 Å². The molecule has 3 nitrogen and oxygen atoms in total. The Morgan fingerprint density at radius 3 is 2.11 bits per heavy atom. The Morgan fingerprint density at radius 1 is 0.679 bits per heavy atom. The van der Waals surface area contributed by atoms with Crippen LogP contribution in [0.15, 0.2) is 91.1 Å². The molecule has 0 fully saturated rings. The zero-order valence-corrected chi connectivity index (χ0v) is 16.0. The average Bonchev–Trinajstić information content (AvgIpc) is 2.85. The van der Waals surface area contributed by atoms with Crippen LogP contribution in [0.2, 0.25) is 0 Å². The average molecular weight is 365 g/mol. The van der Waals surface area contributed by atoms with Crippen LogP contribution >= 0.6 is 0 Å². The topological polar surface area (TPSA) is 16.4 Å². The summed E-state index contributed by atoms with van der Waals surface area (Å²) in [7, 11) is 4.10. The molecule has 28 heavy (non-hydrogen) atoms. The fourth-order valence-electron chi connectivity index (χ4n) is 3.96. The summed E-state index contributed by atoms with van der Waals surface area (Å²) in [5, 5.41) is 0. The molecule has 0 N–H and O–H groups in total. The summed E-state index contributed by atoms with van der Waals surface area (Å²) in [5.41, 5.74) is 7.10. The second kappa shape index (κ2) is 6.54. The van der Waals surface area contributed by atoms with Crippen LogP contribution in [0.4, 0.5) is 11.4 Å². The molecular formula is C25H21N2O+. The largest absolute Gasteiger partial charge is 0.403 e. The number of ether oxygens (including phenoxy) is 1. The fourth-order valence-corrected chi connectivity index (χ4v) is 3.96. The molecule has 1 aliphatic rings. The van der Waals surface area contributed by atoms with E-state index in [1.54, 1.807) is 0 Å². The Hall–Kier alpha value is -3.59. The molecule has 2 heterocycles. The summed E-state index contributed by atoms with van der Waals surface area (Å²) in [5.74, 6) is 1.64. The SMILES string of the molecule is CN1c2ccccc2-c2ccccc2-c2cccc(Oc3cccc[n+]3C)c21. The molecule has 0 bridgehead atoms. The standard InChI is InChI=1S/C25H21N2O/c1-26-17-8-7-16-24(26)28-23-15-9-13-21-19-11-4-3-10-18(19)20-12-5-6-14-22(20)27(2)25(21)23/h3-17H,1-2H3/q+1. The molecule has 0 spiro atoms. The second-order valence-corrected chi connectivity index (χ2v) is 7.03. The van der Waals surface area contributed by atoms with E-state index in [0.29, 0.717) is 0 Å². The third-order valence-electron chi connectivity index (χ3n) is 5.33. The number of benzene rings is 3. The van der Waals surface area contributed by atoms with E-state index in [0.717, 1.165) is 17.3 Å². The smallest absolute Gasteiger partial charge is 0.373 e. The molecule has 0 radical (unpaired) electrons. The maximum atomic E-state index is 6.38. The molecular weight excluding hydrogens is 344 g/mol. The predicted molar refractivity (Wildman–Crippen MR) is 113 cm³/mol.